The summed E-state index contributed by atoms with van der Waals surface area (Å²) in [5, 5.41) is 2.65. The predicted molar refractivity (Wildman–Crippen MR) is 83.4 cm³/mol. The summed E-state index contributed by atoms with van der Waals surface area (Å²) in [5.74, 6) is -0.719. The molecule has 6 nitrogen and oxygen atoms in total. The fourth-order valence-electron chi connectivity index (χ4n) is 2.36. The van der Waals surface area contributed by atoms with Crippen LogP contribution in [0.5, 0.6) is 0 Å². The van der Waals surface area contributed by atoms with Gasteiger partial charge in [-0.3, -0.25) is 4.79 Å². The second-order valence-electron chi connectivity index (χ2n) is 6.62. The lowest BCUT2D eigenvalue weighted by molar-refractivity contribution is -0.121. The predicted octanol–water partition coefficient (Wildman–Crippen LogP) is 2.81. The molecule has 1 fully saturated rings. The number of halogens is 1. The number of aromatic nitrogens is 1. The van der Waals surface area contributed by atoms with E-state index in [1.54, 1.807) is 25.7 Å². The number of rotatable bonds is 2. The number of hydrogen-bond acceptors (Lipinski definition) is 4. The summed E-state index contributed by atoms with van der Waals surface area (Å²) >= 11 is 0. The van der Waals surface area contributed by atoms with Crippen LogP contribution in [0.1, 0.15) is 33.6 Å². The van der Waals surface area contributed by atoms with Crippen molar-refractivity contribution in [2.24, 2.45) is 5.92 Å². The number of piperidine rings is 1. The maximum Gasteiger partial charge on any atom is 0.410 e. The first-order valence-corrected chi connectivity index (χ1v) is 7.65. The van der Waals surface area contributed by atoms with Crippen LogP contribution >= 0.6 is 0 Å². The second-order valence-corrected chi connectivity index (χ2v) is 6.62. The average molecular weight is 323 g/mol. The van der Waals surface area contributed by atoms with Crippen molar-refractivity contribution in [3.05, 3.63) is 24.1 Å². The van der Waals surface area contributed by atoms with Crippen LogP contribution in [0.4, 0.5) is 15.0 Å². The van der Waals surface area contributed by atoms with Crippen LogP contribution in [0.3, 0.4) is 0 Å². The minimum absolute atomic E-state index is 0.225. The Hall–Kier alpha value is -2.18. The van der Waals surface area contributed by atoms with Gasteiger partial charge in [0, 0.05) is 13.1 Å². The van der Waals surface area contributed by atoms with Crippen molar-refractivity contribution in [1.82, 2.24) is 9.88 Å². The molecular formula is C16H22FN3O3. The fraction of sp³-hybridized carbons (Fsp3) is 0.562. The molecule has 1 aliphatic heterocycles. The van der Waals surface area contributed by atoms with E-state index < -0.39 is 17.5 Å². The number of carbonyl (C=O) groups is 2. The highest BCUT2D eigenvalue weighted by Crippen LogP contribution is 2.20. The normalized spacial score (nSPS) is 18.4. The van der Waals surface area contributed by atoms with Crippen molar-refractivity contribution >= 4 is 17.8 Å². The van der Waals surface area contributed by atoms with Crippen LogP contribution in [0.15, 0.2) is 18.3 Å². The van der Waals surface area contributed by atoms with Gasteiger partial charge in [0.2, 0.25) is 5.91 Å². The lowest BCUT2D eigenvalue weighted by atomic mass is 9.97. The summed E-state index contributed by atoms with van der Waals surface area (Å²) < 4.78 is 18.2. The van der Waals surface area contributed by atoms with Gasteiger partial charge in [-0.2, -0.15) is 0 Å². The average Bonchev–Trinajstić information content (AvgIpc) is 2.48. The monoisotopic (exact) mass is 323 g/mol. The first-order valence-electron chi connectivity index (χ1n) is 7.65. The van der Waals surface area contributed by atoms with Crippen LogP contribution in [-0.2, 0) is 9.53 Å². The first kappa shape index (κ1) is 17.2. The molecule has 1 saturated heterocycles. The van der Waals surface area contributed by atoms with Crippen LogP contribution in [-0.4, -0.2) is 40.6 Å². The van der Waals surface area contributed by atoms with E-state index in [2.05, 4.69) is 10.3 Å². The van der Waals surface area contributed by atoms with Gasteiger partial charge < -0.3 is 15.0 Å². The van der Waals surface area contributed by atoms with Gasteiger partial charge in [-0.15, -0.1) is 0 Å². The van der Waals surface area contributed by atoms with E-state index in [1.165, 1.54) is 12.1 Å². The zero-order valence-electron chi connectivity index (χ0n) is 13.6. The Bertz CT molecular complexity index is 569. The molecule has 1 atom stereocenters. The van der Waals surface area contributed by atoms with Gasteiger partial charge in [0.1, 0.15) is 17.2 Å². The van der Waals surface area contributed by atoms with Crippen LogP contribution in [0.2, 0.25) is 0 Å². The smallest absolute Gasteiger partial charge is 0.410 e. The fourth-order valence-corrected chi connectivity index (χ4v) is 2.36. The minimum Gasteiger partial charge on any atom is -0.444 e. The van der Waals surface area contributed by atoms with Crippen LogP contribution < -0.4 is 5.32 Å². The SMILES string of the molecule is CC(C)(C)OC(=O)N1CCCC(C(=O)Nc2ccc(F)cn2)C1. The van der Waals surface area contributed by atoms with E-state index in [1.807, 2.05) is 0 Å². The summed E-state index contributed by atoms with van der Waals surface area (Å²) in [6.07, 6.45) is 2.05. The summed E-state index contributed by atoms with van der Waals surface area (Å²) in [7, 11) is 0. The third-order valence-corrected chi connectivity index (χ3v) is 3.42. The number of carbonyl (C=O) groups excluding carboxylic acids is 2. The Labute approximate surface area is 135 Å². The van der Waals surface area contributed by atoms with Crippen LogP contribution in [0, 0.1) is 11.7 Å². The van der Waals surface area contributed by atoms with Crippen molar-refractivity contribution in [3.8, 4) is 0 Å². The molecule has 7 heteroatoms. The topological polar surface area (TPSA) is 71.5 Å². The van der Waals surface area contributed by atoms with Gasteiger partial charge in [-0.25, -0.2) is 14.2 Å². The molecule has 126 valence electrons. The highest BCUT2D eigenvalue weighted by Gasteiger charge is 2.31. The molecule has 0 bridgehead atoms. The standard InChI is InChI=1S/C16H22FN3O3/c1-16(2,3)23-15(22)20-8-4-5-11(10-20)14(21)19-13-7-6-12(17)9-18-13/h6-7,9,11H,4-5,8,10H2,1-3H3,(H,18,19,21). The summed E-state index contributed by atoms with van der Waals surface area (Å²) in [6, 6.07) is 2.64. The molecule has 2 heterocycles. The van der Waals surface area contributed by atoms with Crippen molar-refractivity contribution < 1.29 is 18.7 Å². The van der Waals surface area contributed by atoms with Gasteiger partial charge in [-0.05, 0) is 45.7 Å². The lowest BCUT2D eigenvalue weighted by Gasteiger charge is -2.33. The van der Waals surface area contributed by atoms with Crippen LogP contribution in [0.25, 0.3) is 0 Å². The Balaban J connectivity index is 1.93. The number of nitrogens with one attached hydrogen (secondary N) is 1. The van der Waals surface area contributed by atoms with E-state index in [0.29, 0.717) is 25.3 Å². The van der Waals surface area contributed by atoms with Crippen molar-refractivity contribution in [3.63, 3.8) is 0 Å². The highest BCUT2D eigenvalue weighted by molar-refractivity contribution is 5.92. The Morgan fingerprint density at radius 3 is 2.74 bits per heavy atom. The zero-order chi connectivity index (χ0) is 17.0. The molecule has 0 aliphatic carbocycles. The largest absolute Gasteiger partial charge is 0.444 e. The molecule has 2 amide bonds. The molecule has 2 rings (SSSR count). The third kappa shape index (κ3) is 5.19. The second kappa shape index (κ2) is 6.93. The Morgan fingerprint density at radius 2 is 2.13 bits per heavy atom. The summed E-state index contributed by atoms with van der Waals surface area (Å²) in [4.78, 5) is 29.7. The maximum atomic E-state index is 12.8. The Kier molecular flexibility index (Phi) is 5.18. The van der Waals surface area contributed by atoms with Crippen molar-refractivity contribution in [1.29, 1.82) is 0 Å². The number of anilines is 1. The molecule has 1 aromatic rings. The van der Waals surface area contributed by atoms with E-state index in [9.17, 15) is 14.0 Å². The quantitative estimate of drug-likeness (QED) is 0.908. The van der Waals surface area contributed by atoms with E-state index in [4.69, 9.17) is 4.74 Å². The molecule has 0 spiro atoms. The highest BCUT2D eigenvalue weighted by atomic mass is 19.1. The molecule has 0 aromatic carbocycles. The first-order chi connectivity index (χ1) is 10.7. The van der Waals surface area contributed by atoms with Gasteiger partial charge in [0.05, 0.1) is 12.1 Å². The van der Waals surface area contributed by atoms with Gasteiger partial charge >= 0.3 is 6.09 Å². The number of nitrogens with zero attached hydrogens (tertiary/aromatic N) is 2. The summed E-state index contributed by atoms with van der Waals surface area (Å²) in [6.45, 7) is 6.30. The van der Waals surface area contributed by atoms with E-state index >= 15 is 0 Å². The molecule has 1 N–H and O–H groups in total. The number of likely N-dealkylation sites (tertiary alicyclic amines) is 1. The van der Waals surface area contributed by atoms with E-state index in [0.717, 1.165) is 12.6 Å². The maximum absolute atomic E-state index is 12.8. The van der Waals surface area contributed by atoms with Crippen molar-refractivity contribution in [2.45, 2.75) is 39.2 Å². The minimum atomic E-state index is -0.565. The van der Waals surface area contributed by atoms with Crippen molar-refractivity contribution in [2.75, 3.05) is 18.4 Å². The number of pyridine rings is 1. The number of ether oxygens (including phenoxy) is 1. The zero-order valence-corrected chi connectivity index (χ0v) is 13.6. The molecule has 1 aromatic heterocycles. The Morgan fingerprint density at radius 1 is 1.39 bits per heavy atom. The lowest BCUT2D eigenvalue weighted by Crippen LogP contribution is -2.45. The number of hydrogen-bond donors (Lipinski definition) is 1. The summed E-state index contributed by atoms with van der Waals surface area (Å²) in [5.41, 5.74) is -0.565. The molecule has 1 unspecified atom stereocenters. The third-order valence-electron chi connectivity index (χ3n) is 3.42. The van der Waals surface area contributed by atoms with E-state index in [-0.39, 0.29) is 11.8 Å². The van der Waals surface area contributed by atoms with Gasteiger partial charge in [0.25, 0.3) is 0 Å². The van der Waals surface area contributed by atoms with Gasteiger partial charge in [-0.1, -0.05) is 0 Å². The van der Waals surface area contributed by atoms with Gasteiger partial charge in [0.15, 0.2) is 0 Å². The molecular weight excluding hydrogens is 301 g/mol. The number of amides is 2. The molecule has 0 radical (unpaired) electrons. The molecule has 23 heavy (non-hydrogen) atoms. The molecule has 1 aliphatic rings. The molecule has 0 saturated carbocycles.